The van der Waals surface area contributed by atoms with Crippen LogP contribution in [0.3, 0.4) is 0 Å². The predicted molar refractivity (Wildman–Crippen MR) is 71.5 cm³/mol. The number of hydrogen-bond donors (Lipinski definition) is 2. The van der Waals surface area contributed by atoms with Crippen molar-refractivity contribution in [2.24, 2.45) is 5.73 Å². The second-order valence-corrected chi connectivity index (χ2v) is 4.10. The normalized spacial score (nSPS) is 10.6. The molecule has 0 aliphatic rings. The fraction of sp³-hybridized carbons (Fsp3) is 0.308. The minimum absolute atomic E-state index is 0.578. The second kappa shape index (κ2) is 5.55. The smallest absolute Gasteiger partial charge is 0.125 e. The molecule has 96 valence electrons. The second-order valence-electron chi connectivity index (χ2n) is 4.10. The minimum Gasteiger partial charge on any atom is -0.497 e. The van der Waals surface area contributed by atoms with Crippen LogP contribution in [-0.4, -0.2) is 23.4 Å². The Labute approximate surface area is 106 Å². The summed E-state index contributed by atoms with van der Waals surface area (Å²) < 4.78 is 6.97. The van der Waals surface area contributed by atoms with Gasteiger partial charge in [0.05, 0.1) is 19.9 Å². The van der Waals surface area contributed by atoms with E-state index in [9.17, 15) is 0 Å². The third kappa shape index (κ3) is 2.62. The number of nitrogens with two attached hydrogens (primary N) is 2. The lowest BCUT2D eigenvalue weighted by molar-refractivity contribution is 0.414. The molecule has 2 rings (SSSR count). The minimum atomic E-state index is 0.578. The molecular formula is C13H18N4O. The van der Waals surface area contributed by atoms with E-state index >= 15 is 0 Å². The van der Waals surface area contributed by atoms with Crippen molar-refractivity contribution < 1.29 is 4.74 Å². The lowest BCUT2D eigenvalue weighted by Gasteiger charge is -2.07. The molecule has 1 aromatic carbocycles. The van der Waals surface area contributed by atoms with E-state index in [0.29, 0.717) is 18.9 Å². The Morgan fingerprint density at radius 2 is 2.22 bits per heavy atom. The average molecular weight is 246 g/mol. The summed E-state index contributed by atoms with van der Waals surface area (Å²) in [5, 5.41) is 4.28. The molecule has 0 amide bonds. The number of anilines is 1. The van der Waals surface area contributed by atoms with Crippen LogP contribution >= 0.6 is 0 Å². The maximum atomic E-state index is 6.02. The van der Waals surface area contributed by atoms with Crippen molar-refractivity contribution in [1.82, 2.24) is 9.78 Å². The van der Waals surface area contributed by atoms with Crippen LogP contribution in [0, 0.1) is 0 Å². The molecule has 0 radical (unpaired) electrons. The fourth-order valence-electron chi connectivity index (χ4n) is 1.85. The van der Waals surface area contributed by atoms with Gasteiger partial charge < -0.3 is 16.2 Å². The molecule has 0 atom stereocenters. The van der Waals surface area contributed by atoms with E-state index in [1.807, 2.05) is 24.3 Å². The van der Waals surface area contributed by atoms with Gasteiger partial charge in [-0.15, -0.1) is 0 Å². The molecule has 5 nitrogen and oxygen atoms in total. The lowest BCUT2D eigenvalue weighted by atomic mass is 10.2. The molecule has 0 fully saturated rings. The van der Waals surface area contributed by atoms with Gasteiger partial charge in [0.15, 0.2) is 0 Å². The van der Waals surface area contributed by atoms with E-state index in [1.54, 1.807) is 18.0 Å². The third-order valence-electron chi connectivity index (χ3n) is 2.84. The van der Waals surface area contributed by atoms with E-state index in [-0.39, 0.29) is 0 Å². The summed E-state index contributed by atoms with van der Waals surface area (Å²) in [6.07, 6.45) is 2.53. The molecule has 0 aliphatic heterocycles. The summed E-state index contributed by atoms with van der Waals surface area (Å²) in [4.78, 5) is 0. The van der Waals surface area contributed by atoms with Crippen LogP contribution < -0.4 is 16.2 Å². The Morgan fingerprint density at radius 1 is 1.39 bits per heavy atom. The Morgan fingerprint density at radius 3 is 2.94 bits per heavy atom. The molecule has 4 N–H and O–H groups in total. The molecule has 1 aromatic heterocycles. The van der Waals surface area contributed by atoms with E-state index < -0.39 is 0 Å². The van der Waals surface area contributed by atoms with Gasteiger partial charge in [0.2, 0.25) is 0 Å². The van der Waals surface area contributed by atoms with Gasteiger partial charge in [-0.05, 0) is 30.7 Å². The van der Waals surface area contributed by atoms with Crippen molar-refractivity contribution in [3.05, 3.63) is 41.6 Å². The topological polar surface area (TPSA) is 79.1 Å². The van der Waals surface area contributed by atoms with Gasteiger partial charge in [0.25, 0.3) is 0 Å². The van der Waals surface area contributed by atoms with E-state index in [0.717, 1.165) is 23.3 Å². The highest BCUT2D eigenvalue weighted by molar-refractivity contribution is 5.40. The molecule has 2 aromatic rings. The van der Waals surface area contributed by atoms with Crippen LogP contribution in [0.15, 0.2) is 30.5 Å². The third-order valence-corrected chi connectivity index (χ3v) is 2.84. The Kier molecular flexibility index (Phi) is 3.84. The van der Waals surface area contributed by atoms with Gasteiger partial charge in [-0.25, -0.2) is 4.68 Å². The first-order valence-electron chi connectivity index (χ1n) is 5.87. The first kappa shape index (κ1) is 12.4. The van der Waals surface area contributed by atoms with Crippen LogP contribution in [0.2, 0.25) is 0 Å². The first-order chi connectivity index (χ1) is 8.74. The highest BCUT2D eigenvalue weighted by atomic mass is 16.5. The van der Waals surface area contributed by atoms with Crippen LogP contribution in [0.5, 0.6) is 5.75 Å². The van der Waals surface area contributed by atoms with Crippen molar-refractivity contribution in [3.63, 3.8) is 0 Å². The summed E-state index contributed by atoms with van der Waals surface area (Å²) in [7, 11) is 1.65. The van der Waals surface area contributed by atoms with Gasteiger partial charge in [-0.3, -0.25) is 0 Å². The summed E-state index contributed by atoms with van der Waals surface area (Å²) in [6.45, 7) is 1.21. The molecule has 18 heavy (non-hydrogen) atoms. The van der Waals surface area contributed by atoms with E-state index in [4.69, 9.17) is 16.2 Å². The standard InChI is InChI=1S/C13H18N4O/c1-18-12-4-2-3-10(7-12)9-17-13(15)11(5-6-14)8-16-17/h2-4,7-8H,5-6,9,14-15H2,1H3. The highest BCUT2D eigenvalue weighted by Gasteiger charge is 2.07. The highest BCUT2D eigenvalue weighted by Crippen LogP contribution is 2.16. The average Bonchev–Trinajstić information content (AvgIpc) is 2.72. The van der Waals surface area contributed by atoms with E-state index in [1.165, 1.54) is 0 Å². The van der Waals surface area contributed by atoms with Crippen molar-refractivity contribution in [2.75, 3.05) is 19.4 Å². The molecule has 0 saturated heterocycles. The summed E-state index contributed by atoms with van der Waals surface area (Å²) in [5.41, 5.74) is 13.6. The van der Waals surface area contributed by atoms with Crippen molar-refractivity contribution in [3.8, 4) is 5.75 Å². The fourth-order valence-corrected chi connectivity index (χ4v) is 1.85. The molecule has 0 unspecified atom stereocenters. The van der Waals surface area contributed by atoms with Crippen molar-refractivity contribution >= 4 is 5.82 Å². The molecular weight excluding hydrogens is 228 g/mol. The molecule has 0 bridgehead atoms. The van der Waals surface area contributed by atoms with Crippen molar-refractivity contribution in [1.29, 1.82) is 0 Å². The maximum absolute atomic E-state index is 6.02. The molecule has 0 aliphatic carbocycles. The van der Waals surface area contributed by atoms with Gasteiger partial charge in [-0.1, -0.05) is 12.1 Å². The van der Waals surface area contributed by atoms with Crippen LogP contribution in [0.1, 0.15) is 11.1 Å². The van der Waals surface area contributed by atoms with Gasteiger partial charge in [0.1, 0.15) is 11.6 Å². The Bertz CT molecular complexity index is 521. The molecule has 1 heterocycles. The predicted octanol–water partition coefficient (Wildman–Crippen LogP) is 1.02. The molecule has 0 saturated carbocycles. The lowest BCUT2D eigenvalue weighted by Crippen LogP contribution is -2.08. The first-order valence-corrected chi connectivity index (χ1v) is 5.87. The van der Waals surface area contributed by atoms with Crippen molar-refractivity contribution in [2.45, 2.75) is 13.0 Å². The zero-order valence-electron chi connectivity index (χ0n) is 10.5. The maximum Gasteiger partial charge on any atom is 0.125 e. The monoisotopic (exact) mass is 246 g/mol. The largest absolute Gasteiger partial charge is 0.497 e. The summed E-state index contributed by atoms with van der Waals surface area (Å²) >= 11 is 0. The van der Waals surface area contributed by atoms with Crippen LogP contribution in [-0.2, 0) is 13.0 Å². The number of aromatic nitrogens is 2. The van der Waals surface area contributed by atoms with Gasteiger partial charge >= 0.3 is 0 Å². The van der Waals surface area contributed by atoms with Gasteiger partial charge in [-0.2, -0.15) is 5.10 Å². The van der Waals surface area contributed by atoms with Crippen LogP contribution in [0.4, 0.5) is 5.82 Å². The number of hydrogen-bond acceptors (Lipinski definition) is 4. The van der Waals surface area contributed by atoms with Gasteiger partial charge in [0, 0.05) is 5.56 Å². The Hall–Kier alpha value is -2.01. The number of methoxy groups -OCH3 is 1. The zero-order valence-corrected chi connectivity index (χ0v) is 10.5. The van der Waals surface area contributed by atoms with Crippen LogP contribution in [0.25, 0.3) is 0 Å². The number of ether oxygens (including phenoxy) is 1. The number of benzene rings is 1. The quantitative estimate of drug-likeness (QED) is 0.825. The SMILES string of the molecule is COc1cccc(Cn2ncc(CCN)c2N)c1. The number of rotatable bonds is 5. The molecule has 0 spiro atoms. The zero-order chi connectivity index (χ0) is 13.0. The summed E-state index contributed by atoms with van der Waals surface area (Å²) in [6, 6.07) is 7.86. The summed E-state index contributed by atoms with van der Waals surface area (Å²) in [5.74, 6) is 1.52. The number of nitrogens with zero attached hydrogens (tertiary/aromatic N) is 2. The number of nitrogen functional groups attached to an aromatic ring is 1. The van der Waals surface area contributed by atoms with E-state index in [2.05, 4.69) is 5.10 Å². The molecule has 5 heteroatoms. The Balaban J connectivity index is 2.17.